The van der Waals surface area contributed by atoms with Gasteiger partial charge in [-0.25, -0.2) is 0 Å². The summed E-state index contributed by atoms with van der Waals surface area (Å²) in [5.74, 6) is -0.279. The van der Waals surface area contributed by atoms with Gasteiger partial charge in [0.05, 0.1) is 5.57 Å². The Morgan fingerprint density at radius 2 is 1.45 bits per heavy atom. The van der Waals surface area contributed by atoms with Crippen molar-refractivity contribution in [2.45, 2.75) is 47.0 Å². The molecular formula is C28H35N3O2. The Labute approximate surface area is 197 Å². The molecule has 0 spiro atoms. The van der Waals surface area contributed by atoms with Gasteiger partial charge in [0.1, 0.15) is 5.70 Å². The van der Waals surface area contributed by atoms with Crippen molar-refractivity contribution in [2.75, 3.05) is 37.6 Å². The van der Waals surface area contributed by atoms with Gasteiger partial charge >= 0.3 is 0 Å². The number of aryl methyl sites for hydroxylation is 2. The summed E-state index contributed by atoms with van der Waals surface area (Å²) in [5, 5.41) is 0. The first-order valence-corrected chi connectivity index (χ1v) is 12.2. The van der Waals surface area contributed by atoms with Crippen molar-refractivity contribution >= 4 is 23.1 Å². The number of imide groups is 1. The molecule has 0 unspecified atom stereocenters. The number of hydrogen-bond acceptors (Lipinski definition) is 4. The minimum Gasteiger partial charge on any atom is -0.368 e. The highest BCUT2D eigenvalue weighted by molar-refractivity contribution is 6.35. The van der Waals surface area contributed by atoms with Crippen LogP contribution in [0.1, 0.15) is 48.4 Å². The van der Waals surface area contributed by atoms with Crippen molar-refractivity contribution in [3.8, 4) is 0 Å². The van der Waals surface area contributed by atoms with Gasteiger partial charge in [-0.1, -0.05) is 61.7 Å². The summed E-state index contributed by atoms with van der Waals surface area (Å²) in [5.41, 5.74) is 6.98. The van der Waals surface area contributed by atoms with Crippen LogP contribution in [0.2, 0.25) is 0 Å². The molecule has 2 aromatic carbocycles. The quantitative estimate of drug-likeness (QED) is 0.458. The van der Waals surface area contributed by atoms with Crippen LogP contribution in [0.4, 0.5) is 5.69 Å². The fourth-order valence-electron chi connectivity index (χ4n) is 4.81. The first-order valence-electron chi connectivity index (χ1n) is 12.2. The van der Waals surface area contributed by atoms with E-state index in [0.29, 0.717) is 17.8 Å². The number of carbonyl (C=O) groups excluding carboxylic acids is 2. The van der Waals surface area contributed by atoms with Crippen molar-refractivity contribution in [1.82, 2.24) is 9.80 Å². The largest absolute Gasteiger partial charge is 0.368 e. The zero-order valence-electron chi connectivity index (χ0n) is 20.4. The molecular weight excluding hydrogens is 410 g/mol. The van der Waals surface area contributed by atoms with Crippen molar-refractivity contribution in [1.29, 1.82) is 0 Å². The number of hydrogen-bond donors (Lipinski definition) is 0. The first kappa shape index (κ1) is 23.1. The van der Waals surface area contributed by atoms with Crippen molar-refractivity contribution in [2.24, 2.45) is 0 Å². The van der Waals surface area contributed by atoms with Gasteiger partial charge in [0.25, 0.3) is 11.8 Å². The molecule has 5 nitrogen and oxygen atoms in total. The lowest BCUT2D eigenvalue weighted by molar-refractivity contribution is -0.137. The number of anilines is 1. The Morgan fingerprint density at radius 3 is 2.12 bits per heavy atom. The smallest absolute Gasteiger partial charge is 0.277 e. The first-order chi connectivity index (χ1) is 15.9. The molecule has 2 heterocycles. The lowest BCUT2D eigenvalue weighted by atomic mass is 10.0. The molecule has 5 heteroatoms. The Kier molecular flexibility index (Phi) is 6.87. The van der Waals surface area contributed by atoms with Gasteiger partial charge in [-0.3, -0.25) is 14.5 Å². The van der Waals surface area contributed by atoms with Crippen molar-refractivity contribution in [3.63, 3.8) is 0 Å². The van der Waals surface area contributed by atoms with Gasteiger partial charge in [0, 0.05) is 38.4 Å². The van der Waals surface area contributed by atoms with Crippen LogP contribution in [0, 0.1) is 20.8 Å². The molecule has 0 atom stereocenters. The second kappa shape index (κ2) is 9.82. The molecule has 2 amide bonds. The Bertz CT molecular complexity index is 1060. The fourth-order valence-corrected chi connectivity index (χ4v) is 4.81. The molecule has 0 aromatic heterocycles. The predicted molar refractivity (Wildman–Crippen MR) is 134 cm³/mol. The summed E-state index contributed by atoms with van der Waals surface area (Å²) in [7, 11) is 0. The molecule has 0 aliphatic carbocycles. The van der Waals surface area contributed by atoms with E-state index in [1.807, 2.05) is 31.2 Å². The van der Waals surface area contributed by atoms with Gasteiger partial charge < -0.3 is 9.80 Å². The number of rotatable bonds is 7. The van der Waals surface area contributed by atoms with Crippen LogP contribution in [-0.4, -0.2) is 54.3 Å². The topological polar surface area (TPSA) is 43.9 Å². The van der Waals surface area contributed by atoms with E-state index in [9.17, 15) is 9.59 Å². The van der Waals surface area contributed by atoms with Crippen LogP contribution in [0.15, 0.2) is 48.2 Å². The molecule has 2 aromatic rings. The SMILES string of the molecule is CCCCCN1C(=O)C(c2ccc(C)cc2)=C(N2CCN(c3cccc(C)c3C)CC2)C1=O. The molecule has 0 N–H and O–H groups in total. The lowest BCUT2D eigenvalue weighted by Crippen LogP contribution is -2.48. The minimum absolute atomic E-state index is 0.133. The molecule has 33 heavy (non-hydrogen) atoms. The number of unbranched alkanes of at least 4 members (excludes halogenated alkanes) is 2. The lowest BCUT2D eigenvalue weighted by Gasteiger charge is -2.38. The van der Waals surface area contributed by atoms with Crippen molar-refractivity contribution in [3.05, 3.63) is 70.4 Å². The summed E-state index contributed by atoms with van der Waals surface area (Å²) in [6.45, 7) is 12.1. The van der Waals surface area contributed by atoms with Gasteiger partial charge in [-0.05, 0) is 49.9 Å². The molecule has 0 radical (unpaired) electrons. The number of nitrogens with zero attached hydrogens (tertiary/aromatic N) is 3. The van der Waals surface area contributed by atoms with E-state index in [-0.39, 0.29) is 11.8 Å². The van der Waals surface area contributed by atoms with Crippen LogP contribution in [0.3, 0.4) is 0 Å². The summed E-state index contributed by atoms with van der Waals surface area (Å²) >= 11 is 0. The van der Waals surface area contributed by atoms with Gasteiger partial charge in [0.2, 0.25) is 0 Å². The van der Waals surface area contributed by atoms with Crippen molar-refractivity contribution < 1.29 is 9.59 Å². The number of benzene rings is 2. The third-order valence-corrected chi connectivity index (χ3v) is 6.98. The molecule has 2 aliphatic rings. The molecule has 0 bridgehead atoms. The Morgan fingerprint density at radius 1 is 0.788 bits per heavy atom. The number of carbonyl (C=O) groups is 2. The average Bonchev–Trinajstić information content (AvgIpc) is 3.06. The molecule has 1 fully saturated rings. The van der Waals surface area contributed by atoms with Gasteiger partial charge in [-0.15, -0.1) is 0 Å². The second-order valence-electron chi connectivity index (χ2n) is 9.25. The summed E-state index contributed by atoms with van der Waals surface area (Å²) < 4.78 is 0. The Balaban J connectivity index is 1.61. The van der Waals surface area contributed by atoms with Crippen LogP contribution in [-0.2, 0) is 9.59 Å². The van der Waals surface area contributed by atoms with E-state index in [2.05, 4.69) is 48.8 Å². The third kappa shape index (κ3) is 4.54. The number of amides is 2. The predicted octanol–water partition coefficient (Wildman–Crippen LogP) is 4.70. The maximum atomic E-state index is 13.5. The van der Waals surface area contributed by atoms with Gasteiger partial charge in [-0.2, -0.15) is 0 Å². The standard InChI is InChI=1S/C28H35N3O2/c1-5-6-7-15-31-27(32)25(23-13-11-20(2)12-14-23)26(28(31)33)30-18-16-29(17-19-30)24-10-8-9-21(3)22(24)4/h8-14H,5-7,15-19H2,1-4H3. The maximum absolute atomic E-state index is 13.5. The summed E-state index contributed by atoms with van der Waals surface area (Å²) in [6, 6.07) is 14.4. The minimum atomic E-state index is -0.146. The van der Waals surface area contributed by atoms with E-state index < -0.39 is 0 Å². The molecule has 1 saturated heterocycles. The van der Waals surface area contributed by atoms with Crippen LogP contribution < -0.4 is 4.90 Å². The molecule has 0 saturated carbocycles. The fraction of sp³-hybridized carbons (Fsp3) is 0.429. The Hall–Kier alpha value is -3.08. The zero-order valence-corrected chi connectivity index (χ0v) is 20.4. The van der Waals surface area contributed by atoms with Crippen LogP contribution in [0.25, 0.3) is 5.57 Å². The third-order valence-electron chi connectivity index (χ3n) is 6.98. The highest BCUT2D eigenvalue weighted by Gasteiger charge is 2.41. The highest BCUT2D eigenvalue weighted by Crippen LogP contribution is 2.33. The molecule has 174 valence electrons. The van der Waals surface area contributed by atoms with Crippen LogP contribution in [0.5, 0.6) is 0 Å². The van der Waals surface area contributed by atoms with Gasteiger partial charge in [0.15, 0.2) is 0 Å². The second-order valence-corrected chi connectivity index (χ2v) is 9.25. The highest BCUT2D eigenvalue weighted by atomic mass is 16.2. The number of piperazine rings is 1. The van der Waals surface area contributed by atoms with E-state index in [0.717, 1.165) is 56.6 Å². The molecule has 2 aliphatic heterocycles. The monoisotopic (exact) mass is 445 g/mol. The van der Waals surface area contributed by atoms with E-state index in [1.165, 1.54) is 21.7 Å². The zero-order chi connectivity index (χ0) is 23.5. The maximum Gasteiger partial charge on any atom is 0.277 e. The van der Waals surface area contributed by atoms with E-state index in [1.54, 1.807) is 0 Å². The normalized spacial score (nSPS) is 16.9. The molecule has 4 rings (SSSR count). The summed E-state index contributed by atoms with van der Waals surface area (Å²) in [4.78, 5) is 32.9. The van der Waals surface area contributed by atoms with E-state index in [4.69, 9.17) is 0 Å². The van der Waals surface area contributed by atoms with Crippen LogP contribution >= 0.6 is 0 Å². The average molecular weight is 446 g/mol. The van der Waals surface area contributed by atoms with E-state index >= 15 is 0 Å². The summed E-state index contributed by atoms with van der Waals surface area (Å²) in [6.07, 6.45) is 2.92.